The van der Waals surface area contributed by atoms with Crippen molar-refractivity contribution in [2.24, 2.45) is 27.7 Å². The molecule has 2 nitrogen and oxygen atoms in total. The molecule has 0 rings (SSSR count). The summed E-state index contributed by atoms with van der Waals surface area (Å²) in [6.07, 6.45) is 2.89. The number of hydrogen-bond acceptors (Lipinski definition) is 2. The van der Waals surface area contributed by atoms with Crippen LogP contribution in [-0.2, 0) is 0 Å². The fourth-order valence-electron chi connectivity index (χ4n) is 2.38. The molecule has 0 aliphatic rings. The average Bonchev–Trinajstić information content (AvgIpc) is 2.26. The van der Waals surface area contributed by atoms with E-state index >= 15 is 0 Å². The summed E-state index contributed by atoms with van der Waals surface area (Å²) in [4.78, 5) is 4.75. The number of aliphatic imine (C=N–C) groups is 1. The number of nitrogens with one attached hydrogen (secondary N) is 1. The third-order valence-corrected chi connectivity index (χ3v) is 4.80. The van der Waals surface area contributed by atoms with Crippen molar-refractivity contribution in [3.63, 3.8) is 0 Å². The highest BCUT2D eigenvalue weighted by molar-refractivity contribution is 6.41. The smallest absolute Gasteiger partial charge is 0.0553 e. The Labute approximate surface area is 133 Å². The normalized spacial score (nSPS) is 15.4. The van der Waals surface area contributed by atoms with Crippen LogP contribution in [0, 0.1) is 28.1 Å². The Balaban J connectivity index is 4.77. The van der Waals surface area contributed by atoms with Crippen molar-refractivity contribution in [3.8, 4) is 0 Å². The van der Waals surface area contributed by atoms with E-state index < -0.39 is 0 Å². The zero-order valence-electron chi connectivity index (χ0n) is 15.9. The standard InChI is InChI=1S/C19H38N2/c1-10-17(21-13-15(4)11-14(2)3)16(20)12-19(8,9)18(5,6)7/h14-15,20H,10-13H2,1-9H3. The van der Waals surface area contributed by atoms with Crippen LogP contribution in [0.4, 0.5) is 0 Å². The summed E-state index contributed by atoms with van der Waals surface area (Å²) in [5.74, 6) is 1.33. The molecule has 2 heteroatoms. The first-order valence-electron chi connectivity index (χ1n) is 8.51. The summed E-state index contributed by atoms with van der Waals surface area (Å²) in [7, 11) is 0. The Morgan fingerprint density at radius 3 is 1.95 bits per heavy atom. The number of rotatable bonds is 8. The summed E-state index contributed by atoms with van der Waals surface area (Å²) in [6.45, 7) is 21.1. The van der Waals surface area contributed by atoms with Crippen molar-refractivity contribution in [1.29, 1.82) is 5.41 Å². The van der Waals surface area contributed by atoms with Gasteiger partial charge in [0.15, 0.2) is 0 Å². The molecule has 0 fully saturated rings. The quantitative estimate of drug-likeness (QED) is 0.533. The first-order chi connectivity index (χ1) is 9.40. The minimum atomic E-state index is 0.115. The van der Waals surface area contributed by atoms with Gasteiger partial charge in [-0.1, -0.05) is 62.3 Å². The monoisotopic (exact) mass is 294 g/mol. The van der Waals surface area contributed by atoms with Gasteiger partial charge in [-0.05, 0) is 41.9 Å². The Bertz CT molecular complexity index is 356. The molecule has 0 amide bonds. The molecular weight excluding hydrogens is 256 g/mol. The van der Waals surface area contributed by atoms with Crippen molar-refractivity contribution in [2.75, 3.05) is 6.54 Å². The van der Waals surface area contributed by atoms with Crippen molar-refractivity contribution in [2.45, 2.75) is 81.6 Å². The third-order valence-electron chi connectivity index (χ3n) is 4.80. The lowest BCUT2D eigenvalue weighted by Crippen LogP contribution is -2.33. The molecule has 0 radical (unpaired) electrons. The predicted octanol–water partition coefficient (Wildman–Crippen LogP) is 6.00. The van der Waals surface area contributed by atoms with Gasteiger partial charge >= 0.3 is 0 Å². The van der Waals surface area contributed by atoms with E-state index in [0.717, 1.165) is 36.7 Å². The van der Waals surface area contributed by atoms with E-state index in [9.17, 15) is 0 Å². The van der Waals surface area contributed by atoms with E-state index in [2.05, 4.69) is 62.3 Å². The Kier molecular flexibility index (Phi) is 7.84. The highest BCUT2D eigenvalue weighted by Crippen LogP contribution is 2.41. The zero-order valence-corrected chi connectivity index (χ0v) is 15.9. The van der Waals surface area contributed by atoms with Gasteiger partial charge in [-0.2, -0.15) is 0 Å². The molecular formula is C19H38N2. The Morgan fingerprint density at radius 1 is 1.05 bits per heavy atom. The molecule has 1 atom stereocenters. The van der Waals surface area contributed by atoms with Crippen LogP contribution >= 0.6 is 0 Å². The molecule has 0 bridgehead atoms. The number of hydrogen-bond donors (Lipinski definition) is 1. The molecule has 0 aromatic heterocycles. The molecule has 0 aromatic carbocycles. The maximum Gasteiger partial charge on any atom is 0.0553 e. The Morgan fingerprint density at radius 2 is 1.57 bits per heavy atom. The molecule has 0 aliphatic heterocycles. The van der Waals surface area contributed by atoms with Crippen molar-refractivity contribution in [1.82, 2.24) is 0 Å². The van der Waals surface area contributed by atoms with Gasteiger partial charge in [0, 0.05) is 6.54 Å². The van der Waals surface area contributed by atoms with E-state index in [1.54, 1.807) is 0 Å². The minimum Gasteiger partial charge on any atom is -0.303 e. The van der Waals surface area contributed by atoms with E-state index in [1.165, 1.54) is 6.42 Å². The third kappa shape index (κ3) is 7.24. The lowest BCUT2D eigenvalue weighted by Gasteiger charge is -2.39. The van der Waals surface area contributed by atoms with Crippen LogP contribution in [0.25, 0.3) is 0 Å². The second-order valence-corrected chi connectivity index (χ2v) is 8.66. The van der Waals surface area contributed by atoms with Gasteiger partial charge < -0.3 is 5.41 Å². The molecule has 1 N–H and O–H groups in total. The van der Waals surface area contributed by atoms with Crippen LogP contribution in [0.1, 0.15) is 81.6 Å². The summed E-state index contributed by atoms with van der Waals surface area (Å²) < 4.78 is 0. The molecule has 0 saturated carbocycles. The van der Waals surface area contributed by atoms with Crippen LogP contribution in [0.3, 0.4) is 0 Å². The van der Waals surface area contributed by atoms with Crippen LogP contribution in [0.5, 0.6) is 0 Å². The highest BCUT2D eigenvalue weighted by atomic mass is 14.8. The van der Waals surface area contributed by atoms with Crippen molar-refractivity contribution < 1.29 is 0 Å². The molecule has 0 aliphatic carbocycles. The van der Waals surface area contributed by atoms with Crippen molar-refractivity contribution in [3.05, 3.63) is 0 Å². The number of nitrogens with zero attached hydrogens (tertiary/aromatic N) is 1. The minimum absolute atomic E-state index is 0.115. The van der Waals surface area contributed by atoms with Gasteiger partial charge in [0.1, 0.15) is 0 Å². The molecule has 0 saturated heterocycles. The SMILES string of the molecule is CCC(=NCC(C)CC(C)C)C(=N)CC(C)(C)C(C)(C)C. The lowest BCUT2D eigenvalue weighted by atomic mass is 9.66. The maximum atomic E-state index is 8.44. The first kappa shape index (κ1) is 20.3. The summed E-state index contributed by atoms with van der Waals surface area (Å²) in [6, 6.07) is 0. The molecule has 0 aromatic rings. The Hall–Kier alpha value is -0.660. The van der Waals surface area contributed by atoms with Gasteiger partial charge in [-0.3, -0.25) is 4.99 Å². The van der Waals surface area contributed by atoms with Crippen LogP contribution in [-0.4, -0.2) is 18.0 Å². The van der Waals surface area contributed by atoms with Crippen LogP contribution < -0.4 is 0 Å². The highest BCUT2D eigenvalue weighted by Gasteiger charge is 2.34. The van der Waals surface area contributed by atoms with Gasteiger partial charge in [0.05, 0.1) is 11.4 Å². The second kappa shape index (κ2) is 8.10. The average molecular weight is 295 g/mol. The van der Waals surface area contributed by atoms with Crippen LogP contribution in [0.15, 0.2) is 4.99 Å². The molecule has 124 valence electrons. The van der Waals surface area contributed by atoms with Crippen LogP contribution in [0.2, 0.25) is 0 Å². The summed E-state index contributed by atoms with van der Waals surface area (Å²) in [5.41, 5.74) is 2.05. The summed E-state index contributed by atoms with van der Waals surface area (Å²) in [5, 5.41) is 8.44. The van der Waals surface area contributed by atoms with E-state index in [1.807, 2.05) is 0 Å². The van der Waals surface area contributed by atoms with E-state index in [0.29, 0.717) is 5.92 Å². The largest absolute Gasteiger partial charge is 0.303 e. The van der Waals surface area contributed by atoms with Crippen molar-refractivity contribution >= 4 is 11.4 Å². The van der Waals surface area contributed by atoms with E-state index in [-0.39, 0.29) is 10.8 Å². The zero-order chi connectivity index (χ0) is 16.8. The first-order valence-corrected chi connectivity index (χ1v) is 8.51. The fraction of sp³-hybridized carbons (Fsp3) is 0.895. The predicted molar refractivity (Wildman–Crippen MR) is 96.8 cm³/mol. The molecule has 0 spiro atoms. The topological polar surface area (TPSA) is 36.2 Å². The fourth-order valence-corrected chi connectivity index (χ4v) is 2.38. The summed E-state index contributed by atoms with van der Waals surface area (Å²) >= 11 is 0. The second-order valence-electron chi connectivity index (χ2n) is 8.66. The van der Waals surface area contributed by atoms with E-state index in [4.69, 9.17) is 10.4 Å². The van der Waals surface area contributed by atoms with Gasteiger partial charge in [0.25, 0.3) is 0 Å². The molecule has 0 heterocycles. The van der Waals surface area contributed by atoms with Gasteiger partial charge in [-0.15, -0.1) is 0 Å². The molecule has 1 unspecified atom stereocenters. The maximum absolute atomic E-state index is 8.44. The lowest BCUT2D eigenvalue weighted by molar-refractivity contribution is 0.141. The van der Waals surface area contributed by atoms with Gasteiger partial charge in [-0.25, -0.2) is 0 Å². The molecule has 21 heavy (non-hydrogen) atoms. The van der Waals surface area contributed by atoms with Gasteiger partial charge in [0.2, 0.25) is 0 Å².